The van der Waals surface area contributed by atoms with Crippen molar-refractivity contribution >= 4 is 22.9 Å². The van der Waals surface area contributed by atoms with Crippen LogP contribution in [0.1, 0.15) is 72.1 Å². The number of anilines is 1. The van der Waals surface area contributed by atoms with Gasteiger partial charge < -0.3 is 19.5 Å². The molecule has 2 aliphatic rings. The number of carbonyl (C=O) groups excluding carboxylic acids is 1. The fourth-order valence-corrected chi connectivity index (χ4v) is 6.70. The molecule has 3 aromatic heterocycles. The van der Waals surface area contributed by atoms with Crippen molar-refractivity contribution in [2.24, 2.45) is 7.05 Å². The van der Waals surface area contributed by atoms with E-state index in [1.165, 1.54) is 17.8 Å². The Bertz CT molecular complexity index is 1630. The third-order valence-electron chi connectivity index (χ3n) is 9.20. The molecule has 2 fully saturated rings. The third-order valence-corrected chi connectivity index (χ3v) is 9.20. The Balaban J connectivity index is 1.31. The van der Waals surface area contributed by atoms with E-state index in [4.69, 9.17) is 4.98 Å². The van der Waals surface area contributed by atoms with Crippen LogP contribution >= 0.6 is 0 Å². The number of aliphatic hydroxyl groups is 1. The van der Waals surface area contributed by atoms with E-state index in [2.05, 4.69) is 56.0 Å². The summed E-state index contributed by atoms with van der Waals surface area (Å²) in [6.07, 6.45) is 8.04. The van der Waals surface area contributed by atoms with E-state index < -0.39 is 11.7 Å². The number of hydrogen-bond acceptors (Lipinski definition) is 7. The van der Waals surface area contributed by atoms with Gasteiger partial charge in [-0.15, -0.1) is 0 Å². The van der Waals surface area contributed by atoms with Crippen molar-refractivity contribution < 1.29 is 14.3 Å². The fraction of sp³-hybridized carbons (Fsp3) is 0.515. The molecule has 0 atom stereocenters. The minimum absolute atomic E-state index is 0.0665. The van der Waals surface area contributed by atoms with Gasteiger partial charge in [0.05, 0.1) is 28.9 Å². The van der Waals surface area contributed by atoms with Crippen molar-refractivity contribution in [2.75, 3.05) is 45.6 Å². The summed E-state index contributed by atoms with van der Waals surface area (Å²) in [5, 5.41) is 17.3. The Morgan fingerprint density at radius 1 is 1.09 bits per heavy atom. The number of hydrogen-bond donors (Lipinski definition) is 2. The summed E-state index contributed by atoms with van der Waals surface area (Å²) in [6.45, 7) is 6.05. The number of piperidine rings is 1. The van der Waals surface area contributed by atoms with Crippen LogP contribution in [0, 0.1) is 12.7 Å². The summed E-state index contributed by atoms with van der Waals surface area (Å²) < 4.78 is 19.4. The predicted molar refractivity (Wildman–Crippen MR) is 169 cm³/mol. The number of nitrogens with zero attached hydrogens (tertiary/aromatic N) is 7. The van der Waals surface area contributed by atoms with E-state index in [-0.39, 0.29) is 23.4 Å². The van der Waals surface area contributed by atoms with Gasteiger partial charge in [-0.2, -0.15) is 5.10 Å². The Morgan fingerprint density at radius 3 is 2.52 bits per heavy atom. The van der Waals surface area contributed by atoms with Gasteiger partial charge in [-0.05, 0) is 102 Å². The average molecular weight is 603 g/mol. The van der Waals surface area contributed by atoms with Crippen LogP contribution in [0.2, 0.25) is 0 Å². The van der Waals surface area contributed by atoms with E-state index in [0.717, 1.165) is 62.9 Å². The van der Waals surface area contributed by atoms with Crippen molar-refractivity contribution in [3.63, 3.8) is 0 Å². The first-order valence-electron chi connectivity index (χ1n) is 15.7. The number of rotatable bonds is 8. The molecule has 1 aliphatic carbocycles. The van der Waals surface area contributed by atoms with Crippen molar-refractivity contribution in [3.05, 3.63) is 59.3 Å². The van der Waals surface area contributed by atoms with Gasteiger partial charge in [-0.3, -0.25) is 14.8 Å². The Hall–Kier alpha value is -3.67. The summed E-state index contributed by atoms with van der Waals surface area (Å²) >= 11 is 0. The van der Waals surface area contributed by atoms with Crippen molar-refractivity contribution in [1.82, 2.24) is 34.1 Å². The van der Waals surface area contributed by atoms with Crippen molar-refractivity contribution in [1.29, 1.82) is 0 Å². The second-order valence-corrected chi connectivity index (χ2v) is 12.8. The summed E-state index contributed by atoms with van der Waals surface area (Å²) in [7, 11) is 5.98. The number of aryl methyl sites for hydroxylation is 2. The molecule has 1 aliphatic heterocycles. The quantitative estimate of drug-likeness (QED) is 0.300. The van der Waals surface area contributed by atoms with Gasteiger partial charge in [0.2, 0.25) is 5.95 Å². The van der Waals surface area contributed by atoms with Crippen LogP contribution < -0.4 is 5.32 Å². The second-order valence-electron chi connectivity index (χ2n) is 12.8. The number of fused-ring (bicyclic) bond motifs is 1. The lowest BCUT2D eigenvalue weighted by molar-refractivity contribution is 0.101. The lowest BCUT2D eigenvalue weighted by Crippen LogP contribution is -2.37. The molecule has 0 radical (unpaired) electrons. The van der Waals surface area contributed by atoms with Crippen LogP contribution in [-0.4, -0.2) is 91.5 Å². The number of likely N-dealkylation sites (N-methyl/N-ethyl adjacent to an activating group) is 1. The largest absolute Gasteiger partial charge is 0.393 e. The van der Waals surface area contributed by atoms with E-state index >= 15 is 4.39 Å². The van der Waals surface area contributed by atoms with Gasteiger partial charge in [-0.25, -0.2) is 14.4 Å². The highest BCUT2D eigenvalue weighted by molar-refractivity contribution is 6.05. The summed E-state index contributed by atoms with van der Waals surface area (Å²) in [5.41, 5.74) is 4.09. The number of likely N-dealkylation sites (tertiary alicyclic amines) is 1. The highest BCUT2D eigenvalue weighted by atomic mass is 19.1. The highest BCUT2D eigenvalue weighted by Crippen LogP contribution is 2.37. The van der Waals surface area contributed by atoms with Crippen molar-refractivity contribution in [2.45, 2.75) is 63.5 Å². The maximum atomic E-state index is 15.8. The number of halogens is 1. The number of pyridine rings is 1. The first-order valence-corrected chi connectivity index (χ1v) is 15.7. The standard InChI is InChI=1S/C33H43FN8O2/c1-21-17-27(30(34)31(36-21)24-19-35-40(4)20-24)32(44)38-33-37-28-10-5-23(22-11-13-41(14-12-22)16-15-39(2)3)18-29(28)42(33)25-6-8-26(43)9-7-25/h5,10,17-20,22,25-26,43H,6-9,11-16H2,1-4H3,(H,37,38,44). The number of amides is 1. The summed E-state index contributed by atoms with van der Waals surface area (Å²) in [6, 6.07) is 7.99. The molecule has 0 unspecified atom stereocenters. The molecule has 0 spiro atoms. The minimum Gasteiger partial charge on any atom is -0.393 e. The number of nitrogens with one attached hydrogen (secondary N) is 1. The van der Waals surface area contributed by atoms with Crippen LogP contribution in [0.5, 0.6) is 0 Å². The molecule has 4 aromatic rings. The van der Waals surface area contributed by atoms with Gasteiger partial charge in [0.25, 0.3) is 5.91 Å². The van der Waals surface area contributed by atoms with Gasteiger partial charge in [-0.1, -0.05) is 6.07 Å². The number of aromatic nitrogens is 5. The van der Waals surface area contributed by atoms with Crippen LogP contribution in [0.3, 0.4) is 0 Å². The molecule has 6 rings (SSSR count). The molecular weight excluding hydrogens is 559 g/mol. The molecule has 2 N–H and O–H groups in total. The molecule has 10 nitrogen and oxygen atoms in total. The number of aliphatic hydroxyl groups excluding tert-OH is 1. The maximum absolute atomic E-state index is 15.8. The molecule has 0 bridgehead atoms. The number of benzene rings is 1. The summed E-state index contributed by atoms with van der Waals surface area (Å²) in [5.74, 6) is -0.400. The van der Waals surface area contributed by atoms with Crippen LogP contribution in [0.4, 0.5) is 10.3 Å². The first-order chi connectivity index (χ1) is 21.2. The van der Waals surface area contributed by atoms with E-state index in [1.807, 2.05) is 6.07 Å². The second kappa shape index (κ2) is 12.7. The Morgan fingerprint density at radius 2 is 1.84 bits per heavy atom. The average Bonchev–Trinajstić information content (AvgIpc) is 3.60. The molecule has 1 saturated heterocycles. The third kappa shape index (κ3) is 6.40. The SMILES string of the molecule is Cc1cc(C(=O)Nc2nc3ccc(C4CCN(CCN(C)C)CC4)cc3n2C2CCC(O)CC2)c(F)c(-c2cnn(C)c2)n1. The summed E-state index contributed by atoms with van der Waals surface area (Å²) in [4.78, 5) is 27.7. The Labute approximate surface area is 257 Å². The Kier molecular flexibility index (Phi) is 8.80. The predicted octanol–water partition coefficient (Wildman–Crippen LogP) is 4.75. The molecule has 4 heterocycles. The topological polar surface area (TPSA) is 104 Å². The molecule has 11 heteroatoms. The normalized spacial score (nSPS) is 20.1. The number of imidazole rings is 1. The smallest absolute Gasteiger partial charge is 0.261 e. The van der Waals surface area contributed by atoms with Crippen LogP contribution in [0.15, 0.2) is 36.7 Å². The molecule has 1 amide bonds. The first kappa shape index (κ1) is 30.4. The van der Waals surface area contributed by atoms with Gasteiger partial charge in [0.1, 0.15) is 5.69 Å². The minimum atomic E-state index is -0.691. The van der Waals surface area contributed by atoms with Gasteiger partial charge >= 0.3 is 0 Å². The van der Waals surface area contributed by atoms with Gasteiger partial charge in [0.15, 0.2) is 5.82 Å². The highest BCUT2D eigenvalue weighted by Gasteiger charge is 2.28. The molecular formula is C33H43FN8O2. The molecule has 44 heavy (non-hydrogen) atoms. The number of carbonyl (C=O) groups is 1. The van der Waals surface area contributed by atoms with Crippen LogP contribution in [0.25, 0.3) is 22.3 Å². The maximum Gasteiger partial charge on any atom is 0.261 e. The zero-order valence-electron chi connectivity index (χ0n) is 26.1. The molecule has 1 aromatic carbocycles. The van der Waals surface area contributed by atoms with Crippen LogP contribution in [-0.2, 0) is 7.05 Å². The van der Waals surface area contributed by atoms with Crippen molar-refractivity contribution in [3.8, 4) is 11.3 Å². The van der Waals surface area contributed by atoms with E-state index in [1.54, 1.807) is 24.9 Å². The van der Waals surface area contributed by atoms with E-state index in [0.29, 0.717) is 36.0 Å². The monoisotopic (exact) mass is 602 g/mol. The lowest BCUT2D eigenvalue weighted by atomic mass is 9.89. The molecule has 234 valence electrons. The fourth-order valence-electron chi connectivity index (χ4n) is 6.70. The zero-order chi connectivity index (χ0) is 31.0. The zero-order valence-corrected chi connectivity index (χ0v) is 26.1. The lowest BCUT2D eigenvalue weighted by Gasteiger charge is -2.33. The van der Waals surface area contributed by atoms with Gasteiger partial charge in [0, 0.05) is 43.6 Å². The van der Waals surface area contributed by atoms with E-state index in [9.17, 15) is 9.90 Å². The molecule has 1 saturated carbocycles.